The summed E-state index contributed by atoms with van der Waals surface area (Å²) in [7, 11) is 0. The molecule has 3 aromatic rings. The minimum absolute atomic E-state index is 0.216. The van der Waals surface area contributed by atoms with Crippen molar-refractivity contribution < 1.29 is 19.5 Å². The zero-order chi connectivity index (χ0) is 24.4. The van der Waals surface area contributed by atoms with Gasteiger partial charge in [-0.2, -0.15) is 0 Å². The first-order valence-electron chi connectivity index (χ1n) is 10.7. The van der Waals surface area contributed by atoms with Gasteiger partial charge in [0, 0.05) is 17.7 Å². The number of carboxylic acids is 1. The summed E-state index contributed by atoms with van der Waals surface area (Å²) in [5.74, 6) is -1.53. The molecule has 4 rings (SSSR count). The van der Waals surface area contributed by atoms with Gasteiger partial charge < -0.3 is 20.6 Å². The lowest BCUT2D eigenvalue weighted by Crippen LogP contribution is -2.44. The number of aromatic nitrogens is 1. The largest absolute Gasteiger partial charge is 0.480 e. The average molecular weight is 479 g/mol. The van der Waals surface area contributed by atoms with Crippen molar-refractivity contribution >= 4 is 40.9 Å². The monoisotopic (exact) mass is 478 g/mol. The zero-order valence-corrected chi connectivity index (χ0v) is 19.3. The summed E-state index contributed by atoms with van der Waals surface area (Å²) in [4.78, 5) is 42.7. The summed E-state index contributed by atoms with van der Waals surface area (Å²) < 4.78 is 0. The highest BCUT2D eigenvalue weighted by atomic mass is 35.5. The van der Waals surface area contributed by atoms with Crippen LogP contribution in [-0.2, 0) is 11.3 Å². The molecule has 1 unspecified atom stereocenters. The van der Waals surface area contributed by atoms with Crippen LogP contribution in [0.4, 0.5) is 16.2 Å². The minimum Gasteiger partial charge on any atom is -0.480 e. The number of aliphatic carboxylic acids is 1. The Labute approximate surface area is 201 Å². The molecule has 1 aromatic heterocycles. The number of amides is 3. The topological polar surface area (TPSA) is 112 Å². The third-order valence-corrected chi connectivity index (χ3v) is 5.93. The van der Waals surface area contributed by atoms with Crippen molar-refractivity contribution in [3.05, 3.63) is 76.9 Å². The molecule has 0 bridgehead atoms. The molecule has 0 saturated heterocycles. The lowest BCUT2D eigenvalue weighted by Gasteiger charge is -2.27. The smallest absolute Gasteiger partial charge is 0.326 e. The number of carboxylic acid groups (broad SMARTS) is 1. The van der Waals surface area contributed by atoms with E-state index >= 15 is 0 Å². The van der Waals surface area contributed by atoms with Crippen LogP contribution >= 0.6 is 11.6 Å². The van der Waals surface area contributed by atoms with Gasteiger partial charge in [-0.15, -0.1) is 0 Å². The van der Waals surface area contributed by atoms with Crippen LogP contribution in [0.25, 0.3) is 11.3 Å². The second-order valence-corrected chi connectivity index (χ2v) is 8.73. The number of halogens is 1. The SMILES string of the molecule is CC(C)C(C(=O)O)N1Cc2ccc(-c3ccc(NC(=O)Nc4ccccc4Cl)cn3)cc2C1=O. The van der Waals surface area contributed by atoms with Crippen molar-refractivity contribution in [2.75, 3.05) is 10.6 Å². The molecule has 3 amide bonds. The van der Waals surface area contributed by atoms with Gasteiger partial charge in [-0.3, -0.25) is 9.78 Å². The van der Waals surface area contributed by atoms with E-state index in [9.17, 15) is 19.5 Å². The molecule has 2 heterocycles. The van der Waals surface area contributed by atoms with Gasteiger partial charge in [0.2, 0.25) is 0 Å². The average Bonchev–Trinajstić information content (AvgIpc) is 3.11. The Hall–Kier alpha value is -3.91. The summed E-state index contributed by atoms with van der Waals surface area (Å²) in [6.45, 7) is 3.84. The van der Waals surface area contributed by atoms with Crippen LogP contribution in [0.5, 0.6) is 0 Å². The van der Waals surface area contributed by atoms with Gasteiger partial charge in [-0.25, -0.2) is 9.59 Å². The minimum atomic E-state index is -1.01. The van der Waals surface area contributed by atoms with Crippen molar-refractivity contribution in [1.82, 2.24) is 9.88 Å². The van der Waals surface area contributed by atoms with E-state index in [2.05, 4.69) is 15.6 Å². The first-order chi connectivity index (χ1) is 16.2. The number of nitrogens with zero attached hydrogens (tertiary/aromatic N) is 2. The third kappa shape index (κ3) is 4.72. The second-order valence-electron chi connectivity index (χ2n) is 8.32. The zero-order valence-electron chi connectivity index (χ0n) is 18.6. The highest BCUT2D eigenvalue weighted by molar-refractivity contribution is 6.33. The number of rotatable bonds is 6. The van der Waals surface area contributed by atoms with Crippen LogP contribution in [0.1, 0.15) is 29.8 Å². The number of hydrogen-bond donors (Lipinski definition) is 3. The maximum Gasteiger partial charge on any atom is 0.326 e. The Morgan fingerprint density at radius 3 is 2.50 bits per heavy atom. The Morgan fingerprint density at radius 1 is 1.09 bits per heavy atom. The standard InChI is InChI=1S/C25H23ClN4O4/c1-14(2)22(24(32)33)30-13-16-8-7-15(11-18(16)23(30)31)20-10-9-17(12-27-20)28-25(34)29-21-6-4-3-5-19(21)26/h3-12,14,22H,13H2,1-2H3,(H,32,33)(H2,28,29,34). The molecule has 1 atom stereocenters. The molecular formula is C25H23ClN4O4. The molecule has 8 nitrogen and oxygen atoms in total. The lowest BCUT2D eigenvalue weighted by atomic mass is 10.0. The number of hydrogen-bond acceptors (Lipinski definition) is 4. The Kier molecular flexibility index (Phi) is 6.51. The molecular weight excluding hydrogens is 456 g/mol. The summed E-state index contributed by atoms with van der Waals surface area (Å²) in [5.41, 5.74) is 3.58. The van der Waals surface area contributed by atoms with Gasteiger partial charge in [0.05, 0.1) is 28.3 Å². The fourth-order valence-electron chi connectivity index (χ4n) is 3.97. The fraction of sp³-hybridized carbons (Fsp3) is 0.200. The van der Waals surface area contributed by atoms with Gasteiger partial charge in [0.25, 0.3) is 5.91 Å². The highest BCUT2D eigenvalue weighted by Crippen LogP contribution is 2.31. The molecule has 0 radical (unpaired) electrons. The number of pyridine rings is 1. The normalized spacial score (nSPS) is 13.5. The van der Waals surface area contributed by atoms with Gasteiger partial charge in [0.1, 0.15) is 6.04 Å². The van der Waals surface area contributed by atoms with Gasteiger partial charge in [-0.1, -0.05) is 49.7 Å². The van der Waals surface area contributed by atoms with Crippen LogP contribution in [0.15, 0.2) is 60.8 Å². The van der Waals surface area contributed by atoms with Crippen molar-refractivity contribution in [3.63, 3.8) is 0 Å². The maximum atomic E-state index is 13.0. The fourth-order valence-corrected chi connectivity index (χ4v) is 4.15. The van der Waals surface area contributed by atoms with E-state index in [0.29, 0.717) is 27.7 Å². The van der Waals surface area contributed by atoms with E-state index in [4.69, 9.17) is 11.6 Å². The van der Waals surface area contributed by atoms with Crippen molar-refractivity contribution in [2.24, 2.45) is 5.92 Å². The summed E-state index contributed by atoms with van der Waals surface area (Å²) >= 11 is 6.06. The Balaban J connectivity index is 1.47. The first kappa shape index (κ1) is 23.3. The van der Waals surface area contributed by atoms with Gasteiger partial charge >= 0.3 is 12.0 Å². The highest BCUT2D eigenvalue weighted by Gasteiger charge is 2.38. The lowest BCUT2D eigenvalue weighted by molar-refractivity contribution is -0.144. The van der Waals surface area contributed by atoms with Crippen LogP contribution in [0.2, 0.25) is 5.02 Å². The van der Waals surface area contributed by atoms with E-state index in [1.807, 2.05) is 12.1 Å². The number of carbonyl (C=O) groups is 3. The van der Waals surface area contributed by atoms with Gasteiger partial charge in [0.15, 0.2) is 0 Å². The molecule has 1 aliphatic heterocycles. The number of para-hydroxylation sites is 1. The molecule has 174 valence electrons. The van der Waals surface area contributed by atoms with Crippen LogP contribution in [0.3, 0.4) is 0 Å². The predicted octanol–water partition coefficient (Wildman–Crippen LogP) is 5.11. The summed E-state index contributed by atoms with van der Waals surface area (Å²) in [6.07, 6.45) is 1.52. The van der Waals surface area contributed by atoms with Crippen molar-refractivity contribution in [1.29, 1.82) is 0 Å². The van der Waals surface area contributed by atoms with E-state index in [1.54, 1.807) is 56.3 Å². The van der Waals surface area contributed by atoms with Crippen LogP contribution in [0, 0.1) is 5.92 Å². The molecule has 2 aromatic carbocycles. The Morgan fingerprint density at radius 2 is 1.85 bits per heavy atom. The maximum absolute atomic E-state index is 13.0. The molecule has 34 heavy (non-hydrogen) atoms. The van der Waals surface area contributed by atoms with E-state index < -0.39 is 18.0 Å². The molecule has 0 spiro atoms. The molecule has 1 aliphatic rings. The Bertz CT molecular complexity index is 1260. The van der Waals surface area contributed by atoms with E-state index in [1.165, 1.54) is 11.1 Å². The molecule has 9 heteroatoms. The third-order valence-electron chi connectivity index (χ3n) is 5.60. The number of fused-ring (bicyclic) bond motifs is 1. The number of urea groups is 1. The molecule has 0 fully saturated rings. The number of benzene rings is 2. The molecule has 0 aliphatic carbocycles. The summed E-state index contributed by atoms with van der Waals surface area (Å²) in [6, 6.07) is 14.4. The predicted molar refractivity (Wildman–Crippen MR) is 130 cm³/mol. The van der Waals surface area contributed by atoms with Crippen LogP contribution < -0.4 is 10.6 Å². The quantitative estimate of drug-likeness (QED) is 0.455. The van der Waals surface area contributed by atoms with Crippen LogP contribution in [-0.4, -0.2) is 38.9 Å². The van der Waals surface area contributed by atoms with Crippen molar-refractivity contribution in [2.45, 2.75) is 26.4 Å². The number of anilines is 2. The number of nitrogens with one attached hydrogen (secondary N) is 2. The molecule has 3 N–H and O–H groups in total. The van der Waals surface area contributed by atoms with Crippen molar-refractivity contribution in [3.8, 4) is 11.3 Å². The van der Waals surface area contributed by atoms with Gasteiger partial charge in [-0.05, 0) is 41.8 Å². The second kappa shape index (κ2) is 9.52. The molecule has 0 saturated carbocycles. The van der Waals surface area contributed by atoms with E-state index in [0.717, 1.165) is 11.1 Å². The number of carbonyl (C=O) groups excluding carboxylic acids is 2. The van der Waals surface area contributed by atoms with E-state index in [-0.39, 0.29) is 18.4 Å². The first-order valence-corrected chi connectivity index (χ1v) is 11.1. The summed E-state index contributed by atoms with van der Waals surface area (Å²) in [5, 5.41) is 15.4.